The monoisotopic (exact) mass is 155 g/mol. The summed E-state index contributed by atoms with van der Waals surface area (Å²) in [6.45, 7) is 0. The molecule has 0 aromatic rings. The molecule has 1 N–H and O–H groups in total. The standard InChI is InChI=1S/C3H10NO.BrH/c1-4(2,3)5;/h5H,1-3H3;1H/q+1;/p-1. The highest BCUT2D eigenvalue weighted by Crippen LogP contribution is 1.72. The van der Waals surface area contributed by atoms with Crippen LogP contribution in [0, 0.1) is 0 Å². The highest BCUT2D eigenvalue weighted by molar-refractivity contribution is 3.72. The molecule has 0 saturated heterocycles. The van der Waals surface area contributed by atoms with Crippen LogP contribution in [0.3, 0.4) is 0 Å². The summed E-state index contributed by atoms with van der Waals surface area (Å²) in [6.07, 6.45) is 0. The van der Waals surface area contributed by atoms with Gasteiger partial charge in [0.15, 0.2) is 0 Å². The van der Waals surface area contributed by atoms with Crippen molar-refractivity contribution in [2.45, 2.75) is 0 Å². The predicted molar refractivity (Wildman–Crippen MR) is 19.8 cm³/mol. The zero-order chi connectivity index (χ0) is 4.50. The Bertz CT molecular complexity index is 26.3. The van der Waals surface area contributed by atoms with Crippen LogP contribution in [-0.2, 0) is 0 Å². The third kappa shape index (κ3) is 318. The smallest absolute Gasteiger partial charge is 0.0979 e. The first-order valence-corrected chi connectivity index (χ1v) is 1.54. The lowest BCUT2D eigenvalue weighted by atomic mass is 11.0. The average molecular weight is 156 g/mol. The van der Waals surface area contributed by atoms with E-state index in [1.165, 1.54) is 0 Å². The van der Waals surface area contributed by atoms with Crippen LogP contribution >= 0.6 is 0 Å². The van der Waals surface area contributed by atoms with Gasteiger partial charge in [-0.15, -0.1) is 0 Å². The second-order valence-corrected chi connectivity index (χ2v) is 1.94. The molecule has 0 aromatic heterocycles. The summed E-state index contributed by atoms with van der Waals surface area (Å²) >= 11 is 0. The molecule has 0 aromatic carbocycles. The molecule has 2 nitrogen and oxygen atoms in total. The number of hydrogen-bond acceptors (Lipinski definition) is 1. The van der Waals surface area contributed by atoms with E-state index >= 15 is 0 Å². The van der Waals surface area contributed by atoms with Crippen molar-refractivity contribution in [2.75, 3.05) is 21.1 Å². The van der Waals surface area contributed by atoms with Gasteiger partial charge in [-0.25, -0.2) is 5.21 Å². The van der Waals surface area contributed by atoms with Crippen LogP contribution in [0.2, 0.25) is 0 Å². The second kappa shape index (κ2) is 2.55. The van der Waals surface area contributed by atoms with Crippen molar-refractivity contribution in [2.24, 2.45) is 0 Å². The van der Waals surface area contributed by atoms with Crippen LogP contribution in [0.1, 0.15) is 0 Å². The van der Waals surface area contributed by atoms with E-state index in [9.17, 15) is 0 Å². The van der Waals surface area contributed by atoms with Crippen LogP contribution < -0.4 is 17.0 Å². The van der Waals surface area contributed by atoms with Gasteiger partial charge in [0.05, 0.1) is 21.1 Å². The van der Waals surface area contributed by atoms with Gasteiger partial charge in [-0.05, 0) is 0 Å². The second-order valence-electron chi connectivity index (χ2n) is 1.94. The Morgan fingerprint density at radius 1 is 1.17 bits per heavy atom. The van der Waals surface area contributed by atoms with E-state index in [0.29, 0.717) is 0 Å². The molecule has 40 valence electrons. The Morgan fingerprint density at radius 3 is 1.17 bits per heavy atom. The molecule has 0 aliphatic rings. The fourth-order valence-electron chi connectivity index (χ4n) is 0. The van der Waals surface area contributed by atoms with Gasteiger partial charge in [0.25, 0.3) is 0 Å². The molecule has 0 spiro atoms. The van der Waals surface area contributed by atoms with Crippen molar-refractivity contribution in [1.29, 1.82) is 0 Å². The number of hydrogen-bond donors (Lipinski definition) is 1. The zero-order valence-electron chi connectivity index (χ0n) is 4.27. The molecule has 0 radical (unpaired) electrons. The number of halogens is 1. The fraction of sp³-hybridized carbons (Fsp3) is 1.00. The lowest BCUT2D eigenvalue weighted by Gasteiger charge is -2.09. The summed E-state index contributed by atoms with van der Waals surface area (Å²) < 4.78 is 0. The quantitative estimate of drug-likeness (QED) is 0.294. The molecule has 0 atom stereocenters. The number of quaternary nitrogens is 1. The van der Waals surface area contributed by atoms with Crippen LogP contribution in [0.25, 0.3) is 0 Å². The minimum atomic E-state index is 0. The molecule has 0 fully saturated rings. The van der Waals surface area contributed by atoms with Crippen molar-refractivity contribution < 1.29 is 26.8 Å². The molecule has 6 heavy (non-hydrogen) atoms. The summed E-state index contributed by atoms with van der Waals surface area (Å²) in [4.78, 5) is 0. The Morgan fingerprint density at radius 2 is 1.17 bits per heavy atom. The van der Waals surface area contributed by atoms with Gasteiger partial charge < -0.3 is 17.0 Å². The Balaban J connectivity index is 0. The average Bonchev–Trinajstić information content (AvgIpc) is 0.722. The lowest BCUT2D eigenvalue weighted by Crippen LogP contribution is -3.00. The largest absolute Gasteiger partial charge is 1.00 e. The minimum absolute atomic E-state index is 0. The predicted octanol–water partition coefficient (Wildman–Crippen LogP) is -2.91. The maximum absolute atomic E-state index is 8.46. The van der Waals surface area contributed by atoms with Gasteiger partial charge in [-0.2, -0.15) is 4.65 Å². The molecule has 3 heteroatoms. The van der Waals surface area contributed by atoms with Gasteiger partial charge in [0, 0.05) is 0 Å². The van der Waals surface area contributed by atoms with Crippen LogP contribution in [0.4, 0.5) is 0 Å². The molecule has 0 heterocycles. The first kappa shape index (κ1) is 9.64. The first-order chi connectivity index (χ1) is 2.00. The third-order valence-corrected chi connectivity index (χ3v) is 0. The molecule has 0 amide bonds. The summed E-state index contributed by atoms with van der Waals surface area (Å²) in [5.74, 6) is 0. The molecular formula is C3H10BrNO. The number of rotatable bonds is 0. The Kier molecular flexibility index (Phi) is 4.10. The van der Waals surface area contributed by atoms with Gasteiger partial charge in [-0.1, -0.05) is 0 Å². The highest BCUT2D eigenvalue weighted by Gasteiger charge is 1.92. The summed E-state index contributed by atoms with van der Waals surface area (Å²) in [6, 6.07) is 0. The SMILES string of the molecule is C[N+](C)(C)O.[Br-]. The van der Waals surface area contributed by atoms with E-state index in [-0.39, 0.29) is 21.6 Å². The molecule has 0 saturated carbocycles. The summed E-state index contributed by atoms with van der Waals surface area (Å²) in [5.41, 5.74) is 0. The molecule has 0 bridgehead atoms. The zero-order valence-corrected chi connectivity index (χ0v) is 5.86. The van der Waals surface area contributed by atoms with Crippen LogP contribution in [0.5, 0.6) is 0 Å². The summed E-state index contributed by atoms with van der Waals surface area (Å²) in [7, 11) is 5.04. The van der Waals surface area contributed by atoms with Crippen molar-refractivity contribution in [3.8, 4) is 0 Å². The van der Waals surface area contributed by atoms with Gasteiger partial charge in [-0.3, -0.25) is 0 Å². The lowest BCUT2D eigenvalue weighted by molar-refractivity contribution is -1.06. The van der Waals surface area contributed by atoms with Crippen molar-refractivity contribution in [3.05, 3.63) is 0 Å². The molecule has 0 unspecified atom stereocenters. The Labute approximate surface area is 48.7 Å². The maximum atomic E-state index is 8.46. The van der Waals surface area contributed by atoms with E-state index in [1.807, 2.05) is 0 Å². The highest BCUT2D eigenvalue weighted by atomic mass is 79.9. The first-order valence-electron chi connectivity index (χ1n) is 1.54. The molecule has 0 aliphatic carbocycles. The van der Waals surface area contributed by atoms with E-state index in [1.54, 1.807) is 21.1 Å². The van der Waals surface area contributed by atoms with E-state index in [2.05, 4.69) is 0 Å². The minimum Gasteiger partial charge on any atom is -1.00 e. The van der Waals surface area contributed by atoms with Gasteiger partial charge in [0.2, 0.25) is 0 Å². The molecule has 0 aliphatic heterocycles. The topological polar surface area (TPSA) is 20.2 Å². The van der Waals surface area contributed by atoms with Crippen molar-refractivity contribution in [3.63, 3.8) is 0 Å². The number of nitrogens with zero attached hydrogens (tertiary/aromatic N) is 1. The van der Waals surface area contributed by atoms with Crippen LogP contribution in [0.15, 0.2) is 0 Å². The van der Waals surface area contributed by atoms with Crippen molar-refractivity contribution in [1.82, 2.24) is 0 Å². The number of hydroxylamine groups is 3. The maximum Gasteiger partial charge on any atom is 0.0979 e. The fourth-order valence-corrected chi connectivity index (χ4v) is 0. The Hall–Kier alpha value is 0.400. The van der Waals surface area contributed by atoms with E-state index in [0.717, 1.165) is 0 Å². The van der Waals surface area contributed by atoms with E-state index < -0.39 is 0 Å². The van der Waals surface area contributed by atoms with E-state index in [4.69, 9.17) is 5.21 Å². The van der Waals surface area contributed by atoms with Gasteiger partial charge >= 0.3 is 0 Å². The summed E-state index contributed by atoms with van der Waals surface area (Å²) in [5, 5.41) is 8.46. The normalized spacial score (nSPS) is 10.0. The van der Waals surface area contributed by atoms with Crippen LogP contribution in [-0.4, -0.2) is 31.0 Å². The molecule has 0 rings (SSSR count). The van der Waals surface area contributed by atoms with Crippen molar-refractivity contribution >= 4 is 0 Å². The van der Waals surface area contributed by atoms with Gasteiger partial charge in [0.1, 0.15) is 0 Å². The third-order valence-electron chi connectivity index (χ3n) is 0. The molecular weight excluding hydrogens is 146 g/mol.